The van der Waals surface area contributed by atoms with E-state index in [4.69, 9.17) is 15.8 Å². The number of carboxylic acids is 1. The number of hydrogen-bond acceptors (Lipinski definition) is 3. The minimum atomic E-state index is -3.88. The van der Waals surface area contributed by atoms with Crippen LogP contribution in [0.25, 0.3) is 0 Å². The van der Waals surface area contributed by atoms with E-state index in [-0.39, 0.29) is 52.4 Å². The first-order valence-corrected chi connectivity index (χ1v) is 5.92. The Bertz CT molecular complexity index is 487. The largest absolute Gasteiger partial charge is 1.00 e. The van der Waals surface area contributed by atoms with Gasteiger partial charge in [-0.2, -0.15) is 0 Å². The molecule has 0 saturated carbocycles. The number of aromatic carboxylic acids is 1. The summed E-state index contributed by atoms with van der Waals surface area (Å²) in [5.74, 6) is -1.19. The van der Waals surface area contributed by atoms with Crippen molar-refractivity contribution in [3.8, 4) is 0 Å². The predicted octanol–water partition coefficient (Wildman–Crippen LogP) is -4.37. The van der Waals surface area contributed by atoms with E-state index in [0.717, 1.165) is 6.07 Å². The third-order valence-electron chi connectivity index (χ3n) is 1.70. The Labute approximate surface area is 126 Å². The average molecular weight is 293 g/mol. The van der Waals surface area contributed by atoms with Gasteiger partial charge in [0.25, 0.3) is 9.05 Å². The van der Waals surface area contributed by atoms with Crippen LogP contribution in [0.4, 0.5) is 0 Å². The molecule has 0 fully saturated rings. The van der Waals surface area contributed by atoms with Crippen molar-refractivity contribution >= 4 is 25.7 Å². The van der Waals surface area contributed by atoms with Crippen LogP contribution in [-0.4, -0.2) is 19.5 Å². The van der Waals surface area contributed by atoms with Crippen molar-refractivity contribution < 1.29 is 60.3 Å². The van der Waals surface area contributed by atoms with Crippen molar-refractivity contribution in [1.82, 2.24) is 0 Å². The van der Waals surface area contributed by atoms with E-state index in [2.05, 4.69) is 0 Å². The summed E-state index contributed by atoms with van der Waals surface area (Å²) in [7, 11) is 1.24. The Morgan fingerprint density at radius 3 is 2.25 bits per heavy atom. The molecule has 1 aromatic rings. The van der Waals surface area contributed by atoms with Crippen molar-refractivity contribution in [3.63, 3.8) is 0 Å². The maximum Gasteiger partial charge on any atom is 1.00 e. The fourth-order valence-corrected chi connectivity index (χ4v) is 2.21. The van der Waals surface area contributed by atoms with Gasteiger partial charge in [0.15, 0.2) is 0 Å². The average Bonchev–Trinajstić information content (AvgIpc) is 2.02. The van der Waals surface area contributed by atoms with E-state index >= 15 is 0 Å². The van der Waals surface area contributed by atoms with Crippen molar-refractivity contribution in [2.75, 3.05) is 0 Å². The van der Waals surface area contributed by atoms with Crippen LogP contribution in [0.3, 0.4) is 0 Å². The Morgan fingerprint density at radius 2 is 1.88 bits per heavy atom. The number of rotatable bonds is 2. The summed E-state index contributed by atoms with van der Waals surface area (Å²) >= 11 is 0. The Kier molecular flexibility index (Phi) is 7.94. The van der Waals surface area contributed by atoms with Crippen LogP contribution in [-0.2, 0) is 9.05 Å². The maximum atomic E-state index is 11.0. The van der Waals surface area contributed by atoms with Gasteiger partial charge in [-0.3, -0.25) is 0 Å². The number of hydrogen-bond donors (Lipinski definition) is 1. The van der Waals surface area contributed by atoms with Crippen molar-refractivity contribution in [2.45, 2.75) is 11.8 Å². The Balaban J connectivity index is 0. The smallest absolute Gasteiger partial charge is 1.00 e. The molecule has 16 heavy (non-hydrogen) atoms. The summed E-state index contributed by atoms with van der Waals surface area (Å²) in [4.78, 5) is 10.4. The first kappa shape index (κ1) is 18.6. The van der Waals surface area contributed by atoms with Crippen LogP contribution in [0, 0.1) is 6.92 Å². The molecule has 1 N–H and O–H groups in total. The van der Waals surface area contributed by atoms with Crippen LogP contribution in [0.15, 0.2) is 23.1 Å². The zero-order chi connectivity index (χ0) is 10.9. The quantitative estimate of drug-likeness (QED) is 0.442. The predicted molar refractivity (Wildman–Crippen MR) is 51.2 cm³/mol. The second kappa shape index (κ2) is 6.83. The van der Waals surface area contributed by atoms with Crippen LogP contribution in [0.1, 0.15) is 15.9 Å². The number of halogens is 2. The molecule has 0 amide bonds. The number of benzene rings is 1. The molecule has 0 bridgehead atoms. The molecule has 0 atom stereocenters. The molecule has 0 spiro atoms. The van der Waals surface area contributed by atoms with Gasteiger partial charge in [-0.05, 0) is 24.6 Å². The van der Waals surface area contributed by atoms with Gasteiger partial charge in [-0.1, -0.05) is 6.07 Å². The molecule has 0 unspecified atom stereocenters. The van der Waals surface area contributed by atoms with Crippen molar-refractivity contribution in [2.24, 2.45) is 0 Å². The van der Waals surface area contributed by atoms with Gasteiger partial charge in [0.1, 0.15) is 0 Å². The Morgan fingerprint density at radius 1 is 1.38 bits per heavy atom. The van der Waals surface area contributed by atoms with E-state index in [1.165, 1.54) is 12.1 Å². The van der Waals surface area contributed by atoms with Gasteiger partial charge in [0.05, 0.1) is 10.5 Å². The van der Waals surface area contributed by atoms with E-state index < -0.39 is 15.0 Å². The summed E-state index contributed by atoms with van der Waals surface area (Å²) in [6.07, 6.45) is 0. The van der Waals surface area contributed by atoms with E-state index in [9.17, 15) is 13.2 Å². The third kappa shape index (κ3) is 4.61. The SMILES string of the molecule is Cc1ccc(C(=O)O)cc1S(=O)(=O)Cl.[Cl-].[Na+]. The van der Waals surface area contributed by atoms with Gasteiger partial charge in [-0.25, -0.2) is 13.2 Å². The maximum absolute atomic E-state index is 11.0. The second-order valence-electron chi connectivity index (χ2n) is 2.72. The molecule has 0 heterocycles. The summed E-state index contributed by atoms with van der Waals surface area (Å²) in [6.45, 7) is 1.54. The fourth-order valence-electron chi connectivity index (χ4n) is 0.996. The monoisotopic (exact) mass is 292 g/mol. The van der Waals surface area contributed by atoms with E-state index in [1.807, 2.05) is 0 Å². The minimum Gasteiger partial charge on any atom is -1.00 e. The number of carbonyl (C=O) groups is 1. The normalized spacial score (nSPS) is 9.88. The first-order chi connectivity index (χ1) is 6.32. The Hall–Kier alpha value is 0.220. The first-order valence-electron chi connectivity index (χ1n) is 3.61. The minimum absolute atomic E-state index is 0. The number of carboxylic acid groups (broad SMARTS) is 1. The molecule has 8 heteroatoms. The summed E-state index contributed by atoms with van der Waals surface area (Å²) in [5.41, 5.74) is 0.319. The molecule has 84 valence electrons. The van der Waals surface area contributed by atoms with Gasteiger partial charge < -0.3 is 17.5 Å². The zero-order valence-electron chi connectivity index (χ0n) is 8.57. The van der Waals surface area contributed by atoms with Crippen LogP contribution in [0.5, 0.6) is 0 Å². The molecule has 1 aromatic carbocycles. The van der Waals surface area contributed by atoms with Crippen molar-refractivity contribution in [3.05, 3.63) is 29.3 Å². The van der Waals surface area contributed by atoms with Gasteiger partial charge in [0.2, 0.25) is 0 Å². The molecule has 0 saturated heterocycles. The molecule has 4 nitrogen and oxygen atoms in total. The van der Waals surface area contributed by atoms with Crippen LogP contribution < -0.4 is 42.0 Å². The molecule has 0 aliphatic heterocycles. The summed E-state index contributed by atoms with van der Waals surface area (Å²) < 4.78 is 22.0. The van der Waals surface area contributed by atoms with Gasteiger partial charge in [-0.15, -0.1) is 0 Å². The second-order valence-corrected chi connectivity index (χ2v) is 5.26. The molecule has 0 aliphatic rings. The molecular formula is C8H7Cl2NaO4S. The van der Waals surface area contributed by atoms with Crippen LogP contribution >= 0.6 is 10.7 Å². The molecule has 0 aliphatic carbocycles. The van der Waals surface area contributed by atoms with Crippen molar-refractivity contribution in [1.29, 1.82) is 0 Å². The van der Waals surface area contributed by atoms with Gasteiger partial charge in [0, 0.05) is 10.7 Å². The molecule has 0 aromatic heterocycles. The van der Waals surface area contributed by atoms with E-state index in [0.29, 0.717) is 5.56 Å². The summed E-state index contributed by atoms with van der Waals surface area (Å²) in [6, 6.07) is 3.77. The molecule has 0 radical (unpaired) electrons. The van der Waals surface area contributed by atoms with E-state index in [1.54, 1.807) is 6.92 Å². The fraction of sp³-hybridized carbons (Fsp3) is 0.125. The standard InChI is InChI=1S/C8H7ClO4S.ClH.Na/c1-5-2-3-6(8(10)11)4-7(5)14(9,12)13;;/h2-4H,1H3,(H,10,11);1H;/q;;+1/p-1. The third-order valence-corrected chi connectivity index (χ3v) is 3.16. The van der Waals surface area contributed by atoms with Crippen LogP contribution in [0.2, 0.25) is 0 Å². The number of aryl methyl sites for hydroxylation is 1. The summed E-state index contributed by atoms with van der Waals surface area (Å²) in [5, 5.41) is 8.63. The molecular weight excluding hydrogens is 286 g/mol. The topological polar surface area (TPSA) is 71.4 Å². The van der Waals surface area contributed by atoms with Gasteiger partial charge >= 0.3 is 35.5 Å². The molecule has 1 rings (SSSR count). The zero-order valence-corrected chi connectivity index (χ0v) is 12.9.